The summed E-state index contributed by atoms with van der Waals surface area (Å²) in [6.07, 6.45) is 0.931. The molecule has 0 spiro atoms. The van der Waals surface area contributed by atoms with Gasteiger partial charge in [-0.05, 0) is 36.6 Å². The van der Waals surface area contributed by atoms with Crippen LogP contribution in [0.5, 0.6) is 0 Å². The topological polar surface area (TPSA) is 90.5 Å². The van der Waals surface area contributed by atoms with E-state index in [1.807, 2.05) is 0 Å². The van der Waals surface area contributed by atoms with Gasteiger partial charge in [0.05, 0.1) is 17.3 Å². The number of carbonyl (C=O) groups is 3. The Morgan fingerprint density at radius 1 is 1.16 bits per heavy atom. The van der Waals surface area contributed by atoms with Gasteiger partial charge >= 0.3 is 0 Å². The molecule has 32 heavy (non-hydrogen) atoms. The van der Waals surface area contributed by atoms with Crippen molar-refractivity contribution in [2.24, 2.45) is 0 Å². The largest absolute Gasteiger partial charge is 0.352 e. The van der Waals surface area contributed by atoms with Crippen molar-refractivity contribution in [1.82, 2.24) is 15.5 Å². The Bertz CT molecular complexity index is 1090. The first-order valence-corrected chi connectivity index (χ1v) is 11.8. The summed E-state index contributed by atoms with van der Waals surface area (Å²) in [4.78, 5) is 40.4. The number of benzene rings is 2. The van der Waals surface area contributed by atoms with Gasteiger partial charge in [0, 0.05) is 29.8 Å². The fourth-order valence-corrected chi connectivity index (χ4v) is 5.46. The first-order valence-electron chi connectivity index (χ1n) is 10.6. The second kappa shape index (κ2) is 8.55. The molecule has 2 aromatic carbocycles. The zero-order valence-corrected chi connectivity index (χ0v) is 18.1. The number of hydrogen-bond donors (Lipinski definition) is 3. The zero-order chi connectivity index (χ0) is 22.2. The molecule has 3 aliphatic heterocycles. The van der Waals surface area contributed by atoms with Crippen molar-refractivity contribution < 1.29 is 18.8 Å². The average Bonchev–Trinajstić information content (AvgIpc) is 3.31. The molecule has 0 aliphatic carbocycles. The van der Waals surface area contributed by atoms with Gasteiger partial charge in [0.25, 0.3) is 5.91 Å². The maximum Gasteiger partial charge on any atom is 0.256 e. The van der Waals surface area contributed by atoms with Crippen LogP contribution in [0, 0.1) is 5.82 Å². The van der Waals surface area contributed by atoms with E-state index in [0.717, 1.165) is 11.6 Å². The number of carbonyl (C=O) groups excluding carboxylic acids is 3. The van der Waals surface area contributed by atoms with Crippen LogP contribution in [-0.2, 0) is 9.59 Å². The summed E-state index contributed by atoms with van der Waals surface area (Å²) < 4.78 is 14.3. The molecular weight excluding hydrogens is 431 g/mol. The summed E-state index contributed by atoms with van der Waals surface area (Å²) in [6, 6.07) is 10.3. The molecular formula is C23H23FN4O3S. The van der Waals surface area contributed by atoms with E-state index in [2.05, 4.69) is 16.0 Å². The highest BCUT2D eigenvalue weighted by molar-refractivity contribution is 7.99. The molecule has 2 saturated heterocycles. The molecule has 2 aromatic rings. The third-order valence-corrected chi connectivity index (χ3v) is 7.18. The molecule has 3 amide bonds. The van der Waals surface area contributed by atoms with Crippen LogP contribution in [0.15, 0.2) is 42.5 Å². The molecule has 166 valence electrons. The first-order chi connectivity index (χ1) is 15.5. The molecule has 0 bridgehead atoms. The molecule has 3 aliphatic rings. The van der Waals surface area contributed by atoms with Gasteiger partial charge in [0.15, 0.2) is 0 Å². The van der Waals surface area contributed by atoms with Crippen molar-refractivity contribution in [3.05, 3.63) is 53.8 Å². The number of halogens is 1. The van der Waals surface area contributed by atoms with Crippen LogP contribution in [-0.4, -0.2) is 58.9 Å². The van der Waals surface area contributed by atoms with Gasteiger partial charge < -0.3 is 15.5 Å². The summed E-state index contributed by atoms with van der Waals surface area (Å²) in [7, 11) is 0. The Morgan fingerprint density at radius 2 is 2.00 bits per heavy atom. The fourth-order valence-electron chi connectivity index (χ4n) is 4.52. The van der Waals surface area contributed by atoms with Gasteiger partial charge in [0.2, 0.25) is 11.8 Å². The second-order valence-electron chi connectivity index (χ2n) is 8.25. The predicted molar refractivity (Wildman–Crippen MR) is 121 cm³/mol. The lowest BCUT2D eigenvalue weighted by Crippen LogP contribution is -2.56. The number of hydrogen-bond acceptors (Lipinski definition) is 5. The van der Waals surface area contributed by atoms with Gasteiger partial charge in [-0.3, -0.25) is 19.7 Å². The van der Waals surface area contributed by atoms with Crippen LogP contribution in [0.4, 0.5) is 10.1 Å². The van der Waals surface area contributed by atoms with Crippen LogP contribution in [0.1, 0.15) is 23.2 Å². The molecule has 3 N–H and O–H groups in total. The van der Waals surface area contributed by atoms with E-state index >= 15 is 0 Å². The molecule has 7 nitrogen and oxygen atoms in total. The average molecular weight is 455 g/mol. The lowest BCUT2D eigenvalue weighted by Gasteiger charge is -2.37. The highest BCUT2D eigenvalue weighted by atomic mass is 32.2. The minimum atomic E-state index is -0.670. The summed E-state index contributed by atoms with van der Waals surface area (Å²) >= 11 is 1.68. The number of fused-ring (bicyclic) bond motifs is 2. The monoisotopic (exact) mass is 454 g/mol. The summed E-state index contributed by atoms with van der Waals surface area (Å²) in [5.74, 6) is 0.508. The molecule has 3 heterocycles. The predicted octanol–water partition coefficient (Wildman–Crippen LogP) is 2.20. The van der Waals surface area contributed by atoms with E-state index in [-0.39, 0.29) is 35.6 Å². The lowest BCUT2D eigenvalue weighted by atomic mass is 9.95. The smallest absolute Gasteiger partial charge is 0.256 e. The van der Waals surface area contributed by atoms with Crippen molar-refractivity contribution >= 4 is 35.2 Å². The first kappa shape index (κ1) is 21.0. The third kappa shape index (κ3) is 3.86. The van der Waals surface area contributed by atoms with Gasteiger partial charge in [-0.25, -0.2) is 4.39 Å². The minimum absolute atomic E-state index is 0.0633. The van der Waals surface area contributed by atoms with Gasteiger partial charge in [-0.15, -0.1) is 11.8 Å². The maximum atomic E-state index is 14.3. The van der Waals surface area contributed by atoms with Crippen LogP contribution < -0.4 is 16.0 Å². The van der Waals surface area contributed by atoms with E-state index in [9.17, 15) is 18.8 Å². The SMILES string of the molecule is O=C(N[C@H]1CCN2C(=O)c3cc(-c4ccccc4F)ccc3NC(=O)[C@@H]2C1)[C@@H]1CSCN1. The second-order valence-corrected chi connectivity index (χ2v) is 9.28. The molecule has 3 atom stereocenters. The Hall–Kier alpha value is -2.91. The molecule has 0 aromatic heterocycles. The fraction of sp³-hybridized carbons (Fsp3) is 0.348. The van der Waals surface area contributed by atoms with Crippen molar-refractivity contribution in [1.29, 1.82) is 0 Å². The Labute approximate surface area is 189 Å². The zero-order valence-electron chi connectivity index (χ0n) is 17.3. The molecule has 0 unspecified atom stereocenters. The number of anilines is 1. The van der Waals surface area contributed by atoms with Gasteiger partial charge in [-0.1, -0.05) is 24.3 Å². The van der Waals surface area contributed by atoms with E-state index in [0.29, 0.717) is 41.8 Å². The Kier molecular flexibility index (Phi) is 5.60. The quantitative estimate of drug-likeness (QED) is 0.662. The van der Waals surface area contributed by atoms with E-state index in [4.69, 9.17) is 0 Å². The maximum absolute atomic E-state index is 14.3. The number of nitrogens with zero attached hydrogens (tertiary/aromatic N) is 1. The Balaban J connectivity index is 1.37. The lowest BCUT2D eigenvalue weighted by molar-refractivity contribution is -0.125. The number of nitrogens with one attached hydrogen (secondary N) is 3. The highest BCUT2D eigenvalue weighted by Gasteiger charge is 2.40. The third-order valence-electron chi connectivity index (χ3n) is 6.24. The summed E-state index contributed by atoms with van der Waals surface area (Å²) in [5, 5.41) is 9.03. The number of rotatable bonds is 3. The van der Waals surface area contributed by atoms with Crippen LogP contribution in [0.2, 0.25) is 0 Å². The molecule has 5 rings (SSSR count). The van der Waals surface area contributed by atoms with E-state index in [1.54, 1.807) is 53.1 Å². The normalized spacial score (nSPS) is 24.9. The van der Waals surface area contributed by atoms with Crippen LogP contribution >= 0.6 is 11.8 Å². The van der Waals surface area contributed by atoms with Crippen molar-refractivity contribution in [3.8, 4) is 11.1 Å². The van der Waals surface area contributed by atoms with E-state index in [1.165, 1.54) is 6.07 Å². The van der Waals surface area contributed by atoms with Crippen LogP contribution in [0.25, 0.3) is 11.1 Å². The molecule has 0 radical (unpaired) electrons. The Morgan fingerprint density at radius 3 is 2.78 bits per heavy atom. The van der Waals surface area contributed by atoms with Crippen molar-refractivity contribution in [2.45, 2.75) is 31.0 Å². The van der Waals surface area contributed by atoms with Gasteiger partial charge in [0.1, 0.15) is 11.9 Å². The van der Waals surface area contributed by atoms with Crippen LogP contribution in [0.3, 0.4) is 0 Å². The molecule has 9 heteroatoms. The number of amides is 3. The molecule has 0 saturated carbocycles. The number of piperidine rings is 1. The highest BCUT2D eigenvalue weighted by Crippen LogP contribution is 2.32. The van der Waals surface area contributed by atoms with Crippen molar-refractivity contribution in [2.75, 3.05) is 23.5 Å². The minimum Gasteiger partial charge on any atom is -0.352 e. The molecule has 2 fully saturated rings. The van der Waals surface area contributed by atoms with Gasteiger partial charge in [-0.2, -0.15) is 0 Å². The summed E-state index contributed by atoms with van der Waals surface area (Å²) in [6.45, 7) is 0.359. The van der Waals surface area contributed by atoms with E-state index < -0.39 is 6.04 Å². The summed E-state index contributed by atoms with van der Waals surface area (Å²) in [5.41, 5.74) is 1.74. The standard InChI is InChI=1S/C23H23FN4O3S/c24-17-4-2-1-3-15(17)13-5-6-18-16(9-13)23(31)28-8-7-14(10-20(28)22(30)27-18)26-21(29)19-11-32-12-25-19/h1-6,9,14,19-20,25H,7-8,10-12H2,(H,26,29)(H,27,30)/t14-,19-,20-/m0/s1. The number of thioether (sulfide) groups is 1. The van der Waals surface area contributed by atoms with Crippen molar-refractivity contribution in [3.63, 3.8) is 0 Å².